The molecule has 0 unspecified atom stereocenters. The average molecular weight is 298 g/mol. The van der Waals surface area contributed by atoms with Crippen molar-refractivity contribution in [1.29, 1.82) is 0 Å². The normalized spacial score (nSPS) is 21.4. The van der Waals surface area contributed by atoms with Gasteiger partial charge in [-0.25, -0.2) is 4.79 Å². The zero-order valence-electron chi connectivity index (χ0n) is 14.5. The highest BCUT2D eigenvalue weighted by molar-refractivity contribution is 5.86. The molecule has 1 aliphatic rings. The van der Waals surface area contributed by atoms with E-state index in [0.29, 0.717) is 0 Å². The SMILES string of the molecule is CC(C)[C@@H](C(=O)OC(C)(C)C)N(C)C(=O)[C@H]1CCN(C)C1. The van der Waals surface area contributed by atoms with Crippen molar-refractivity contribution in [3.05, 3.63) is 0 Å². The molecule has 0 spiro atoms. The van der Waals surface area contributed by atoms with Gasteiger partial charge in [0.2, 0.25) is 5.91 Å². The van der Waals surface area contributed by atoms with Crippen LogP contribution in [0.15, 0.2) is 0 Å². The maximum atomic E-state index is 12.6. The second-order valence-corrected chi connectivity index (χ2v) is 7.42. The lowest BCUT2D eigenvalue weighted by atomic mass is 9.99. The number of carbonyl (C=O) groups excluding carboxylic acids is 2. The van der Waals surface area contributed by atoms with E-state index in [4.69, 9.17) is 4.74 Å². The van der Waals surface area contributed by atoms with Gasteiger partial charge in [-0.05, 0) is 46.7 Å². The summed E-state index contributed by atoms with van der Waals surface area (Å²) in [6.07, 6.45) is 0.860. The Morgan fingerprint density at radius 1 is 1.29 bits per heavy atom. The molecular weight excluding hydrogens is 268 g/mol. The summed E-state index contributed by atoms with van der Waals surface area (Å²) >= 11 is 0. The molecule has 1 rings (SSSR count). The number of ether oxygens (including phenoxy) is 1. The standard InChI is InChI=1S/C16H30N2O3/c1-11(2)13(15(20)21-16(3,4)5)18(7)14(19)12-8-9-17(6)10-12/h11-13H,8-10H2,1-7H3/t12-,13-/m0/s1. The Morgan fingerprint density at radius 2 is 1.86 bits per heavy atom. The van der Waals surface area contributed by atoms with Crippen molar-refractivity contribution >= 4 is 11.9 Å². The number of likely N-dealkylation sites (N-methyl/N-ethyl adjacent to an activating group) is 1. The number of likely N-dealkylation sites (tertiary alicyclic amines) is 1. The van der Waals surface area contributed by atoms with Crippen LogP contribution in [0.2, 0.25) is 0 Å². The summed E-state index contributed by atoms with van der Waals surface area (Å²) in [6, 6.07) is -0.525. The average Bonchev–Trinajstić information content (AvgIpc) is 2.71. The first kappa shape index (κ1) is 18.0. The molecule has 0 aromatic heterocycles. The number of hydrogen-bond donors (Lipinski definition) is 0. The lowest BCUT2D eigenvalue weighted by Gasteiger charge is -2.33. The Hall–Kier alpha value is -1.10. The van der Waals surface area contributed by atoms with E-state index >= 15 is 0 Å². The molecule has 0 bridgehead atoms. The number of rotatable bonds is 4. The minimum absolute atomic E-state index is 0.0105. The van der Waals surface area contributed by atoms with Gasteiger partial charge in [0, 0.05) is 13.6 Å². The van der Waals surface area contributed by atoms with Crippen molar-refractivity contribution in [2.45, 2.75) is 52.7 Å². The predicted octanol–water partition coefficient (Wildman–Crippen LogP) is 1.76. The predicted molar refractivity (Wildman–Crippen MR) is 82.8 cm³/mol. The van der Waals surface area contributed by atoms with Crippen LogP contribution < -0.4 is 0 Å². The third-order valence-electron chi connectivity index (χ3n) is 3.79. The van der Waals surface area contributed by atoms with Gasteiger partial charge in [0.1, 0.15) is 11.6 Å². The molecule has 1 saturated heterocycles. The van der Waals surface area contributed by atoms with Crippen LogP contribution in [0.4, 0.5) is 0 Å². The molecule has 1 aliphatic heterocycles. The first-order valence-electron chi connectivity index (χ1n) is 7.71. The van der Waals surface area contributed by atoms with Gasteiger partial charge in [-0.15, -0.1) is 0 Å². The fourth-order valence-electron chi connectivity index (χ4n) is 2.80. The van der Waals surface area contributed by atoms with Crippen molar-refractivity contribution in [3.8, 4) is 0 Å². The maximum Gasteiger partial charge on any atom is 0.329 e. The van der Waals surface area contributed by atoms with Crippen molar-refractivity contribution in [2.75, 3.05) is 27.2 Å². The highest BCUT2D eigenvalue weighted by atomic mass is 16.6. The molecule has 0 aromatic carbocycles. The molecule has 0 N–H and O–H groups in total. The van der Waals surface area contributed by atoms with Crippen molar-refractivity contribution < 1.29 is 14.3 Å². The summed E-state index contributed by atoms with van der Waals surface area (Å²) in [5, 5.41) is 0. The molecule has 2 atom stereocenters. The topological polar surface area (TPSA) is 49.9 Å². The maximum absolute atomic E-state index is 12.6. The Bertz CT molecular complexity index is 387. The van der Waals surface area contributed by atoms with E-state index in [1.807, 2.05) is 41.7 Å². The van der Waals surface area contributed by atoms with Gasteiger partial charge in [-0.3, -0.25) is 4.79 Å². The van der Waals surface area contributed by atoms with Crippen LogP contribution in [-0.2, 0) is 14.3 Å². The molecule has 0 aliphatic carbocycles. The fraction of sp³-hybridized carbons (Fsp3) is 0.875. The van der Waals surface area contributed by atoms with Gasteiger partial charge in [-0.1, -0.05) is 13.8 Å². The second-order valence-electron chi connectivity index (χ2n) is 7.42. The first-order chi connectivity index (χ1) is 9.53. The van der Waals surface area contributed by atoms with Crippen molar-refractivity contribution in [1.82, 2.24) is 9.80 Å². The van der Waals surface area contributed by atoms with Gasteiger partial charge in [-0.2, -0.15) is 0 Å². The molecular formula is C16H30N2O3. The summed E-state index contributed by atoms with van der Waals surface area (Å²) in [7, 11) is 3.73. The zero-order chi connectivity index (χ0) is 16.4. The van der Waals surface area contributed by atoms with E-state index in [0.717, 1.165) is 19.5 Å². The van der Waals surface area contributed by atoms with Gasteiger partial charge in [0.05, 0.1) is 5.92 Å². The molecule has 0 radical (unpaired) electrons. The summed E-state index contributed by atoms with van der Waals surface area (Å²) in [4.78, 5) is 28.7. The smallest absolute Gasteiger partial charge is 0.329 e. The van der Waals surface area contributed by atoms with Crippen LogP contribution in [-0.4, -0.2) is 60.5 Å². The third-order valence-corrected chi connectivity index (χ3v) is 3.79. The minimum atomic E-state index is -0.540. The molecule has 5 nitrogen and oxygen atoms in total. The molecule has 1 heterocycles. The van der Waals surface area contributed by atoms with Crippen LogP contribution >= 0.6 is 0 Å². The number of esters is 1. The van der Waals surface area contributed by atoms with Gasteiger partial charge in [0.15, 0.2) is 0 Å². The summed E-state index contributed by atoms with van der Waals surface area (Å²) in [5.41, 5.74) is -0.540. The van der Waals surface area contributed by atoms with Gasteiger partial charge >= 0.3 is 5.97 Å². The van der Waals surface area contributed by atoms with Gasteiger partial charge in [0.25, 0.3) is 0 Å². The highest BCUT2D eigenvalue weighted by Gasteiger charge is 2.37. The fourth-order valence-corrected chi connectivity index (χ4v) is 2.80. The van der Waals surface area contributed by atoms with E-state index in [-0.39, 0.29) is 23.7 Å². The molecule has 0 aromatic rings. The van der Waals surface area contributed by atoms with Crippen LogP contribution in [0.25, 0.3) is 0 Å². The van der Waals surface area contributed by atoms with E-state index in [2.05, 4.69) is 4.90 Å². The first-order valence-corrected chi connectivity index (χ1v) is 7.71. The molecule has 5 heteroatoms. The number of nitrogens with zero attached hydrogens (tertiary/aromatic N) is 2. The molecule has 0 saturated carbocycles. The summed E-state index contributed by atoms with van der Waals surface area (Å²) < 4.78 is 5.47. The van der Waals surface area contributed by atoms with Crippen molar-refractivity contribution in [2.24, 2.45) is 11.8 Å². The minimum Gasteiger partial charge on any atom is -0.458 e. The monoisotopic (exact) mass is 298 g/mol. The highest BCUT2D eigenvalue weighted by Crippen LogP contribution is 2.22. The lowest BCUT2D eigenvalue weighted by molar-refractivity contribution is -0.166. The summed E-state index contributed by atoms with van der Waals surface area (Å²) in [6.45, 7) is 11.1. The molecule has 21 heavy (non-hydrogen) atoms. The number of hydrogen-bond acceptors (Lipinski definition) is 4. The largest absolute Gasteiger partial charge is 0.458 e. The Kier molecular flexibility index (Phi) is 5.79. The Labute approximate surface area is 128 Å². The van der Waals surface area contributed by atoms with E-state index in [1.54, 1.807) is 11.9 Å². The zero-order valence-corrected chi connectivity index (χ0v) is 14.5. The van der Waals surface area contributed by atoms with Crippen LogP contribution in [0.3, 0.4) is 0 Å². The van der Waals surface area contributed by atoms with Crippen LogP contribution in [0, 0.1) is 11.8 Å². The van der Waals surface area contributed by atoms with E-state index < -0.39 is 11.6 Å². The number of carbonyl (C=O) groups is 2. The van der Waals surface area contributed by atoms with E-state index in [1.165, 1.54) is 0 Å². The van der Waals surface area contributed by atoms with Crippen LogP contribution in [0.1, 0.15) is 41.0 Å². The Balaban J connectivity index is 2.80. The lowest BCUT2D eigenvalue weighted by Crippen LogP contribution is -2.50. The molecule has 122 valence electrons. The summed E-state index contributed by atoms with van der Waals surface area (Å²) in [5.74, 6) is -0.264. The third kappa shape index (κ3) is 4.99. The van der Waals surface area contributed by atoms with Crippen molar-refractivity contribution in [3.63, 3.8) is 0 Å². The molecule has 1 amide bonds. The number of amides is 1. The Morgan fingerprint density at radius 3 is 2.24 bits per heavy atom. The van der Waals surface area contributed by atoms with Crippen LogP contribution in [0.5, 0.6) is 0 Å². The van der Waals surface area contributed by atoms with E-state index in [9.17, 15) is 9.59 Å². The quantitative estimate of drug-likeness (QED) is 0.742. The second kappa shape index (κ2) is 6.77. The van der Waals surface area contributed by atoms with Gasteiger partial charge < -0.3 is 14.5 Å². The molecule has 1 fully saturated rings.